The van der Waals surface area contributed by atoms with E-state index in [0.29, 0.717) is 32.5 Å². The van der Waals surface area contributed by atoms with Gasteiger partial charge in [0.1, 0.15) is 5.41 Å². The lowest BCUT2D eigenvalue weighted by Crippen LogP contribution is -2.55. The van der Waals surface area contributed by atoms with Gasteiger partial charge in [0.2, 0.25) is 5.91 Å². The van der Waals surface area contributed by atoms with E-state index in [1.165, 1.54) is 0 Å². The van der Waals surface area contributed by atoms with Crippen molar-refractivity contribution in [2.24, 2.45) is 16.3 Å². The maximum Gasteiger partial charge on any atom is 0.236 e. The van der Waals surface area contributed by atoms with E-state index in [9.17, 15) is 4.79 Å². The van der Waals surface area contributed by atoms with Gasteiger partial charge < -0.3 is 20.6 Å². The molecule has 1 atom stereocenters. The third-order valence-corrected chi connectivity index (χ3v) is 4.49. The number of nitrogens with two attached hydrogens (primary N) is 1. The highest BCUT2D eigenvalue weighted by Crippen LogP contribution is 2.37. The molecule has 3 N–H and O–H groups in total. The molecule has 1 aliphatic heterocycles. The number of amidine groups is 1. The molecule has 2 fully saturated rings. The normalized spacial score (nSPS) is 27.9. The number of carbonyl (C=O) groups excluding carboxylic acids is 1. The number of ether oxygens (including phenoxy) is 1. The maximum absolute atomic E-state index is 13.0. The van der Waals surface area contributed by atoms with E-state index >= 15 is 0 Å². The van der Waals surface area contributed by atoms with E-state index in [2.05, 4.69) is 5.16 Å². The van der Waals surface area contributed by atoms with E-state index in [1.807, 2.05) is 11.8 Å². The van der Waals surface area contributed by atoms with Crippen LogP contribution in [0.2, 0.25) is 0 Å². The Balaban J connectivity index is 2.23. The van der Waals surface area contributed by atoms with Crippen molar-refractivity contribution in [2.75, 3.05) is 19.7 Å². The van der Waals surface area contributed by atoms with E-state index in [0.717, 1.165) is 25.7 Å². The number of amides is 1. The highest BCUT2D eigenvalue weighted by atomic mass is 16.5. The molecule has 0 aromatic rings. The summed E-state index contributed by atoms with van der Waals surface area (Å²) in [5, 5.41) is 12.3. The molecule has 0 spiro atoms. The van der Waals surface area contributed by atoms with Crippen LogP contribution in [-0.4, -0.2) is 47.7 Å². The molecule has 1 unspecified atom stereocenters. The monoisotopic (exact) mass is 283 g/mol. The molecule has 0 aromatic heterocycles. The van der Waals surface area contributed by atoms with Crippen molar-refractivity contribution >= 4 is 11.7 Å². The Morgan fingerprint density at radius 3 is 2.55 bits per heavy atom. The van der Waals surface area contributed by atoms with Crippen molar-refractivity contribution in [1.82, 2.24) is 4.90 Å². The number of nitrogens with zero attached hydrogens (tertiary/aromatic N) is 2. The van der Waals surface area contributed by atoms with E-state index in [-0.39, 0.29) is 17.8 Å². The summed E-state index contributed by atoms with van der Waals surface area (Å²) in [5.74, 6) is 0.0772. The minimum absolute atomic E-state index is 0.00449. The van der Waals surface area contributed by atoms with Crippen molar-refractivity contribution in [3.05, 3.63) is 0 Å². The second kappa shape index (κ2) is 6.43. The summed E-state index contributed by atoms with van der Waals surface area (Å²) in [4.78, 5) is 14.8. The number of morpholine rings is 1. The van der Waals surface area contributed by atoms with Crippen molar-refractivity contribution in [3.8, 4) is 0 Å². The molecule has 1 amide bonds. The smallest absolute Gasteiger partial charge is 0.236 e. The Morgan fingerprint density at radius 1 is 1.35 bits per heavy atom. The highest BCUT2D eigenvalue weighted by molar-refractivity contribution is 6.06. The van der Waals surface area contributed by atoms with Crippen LogP contribution in [0.5, 0.6) is 0 Å². The lowest BCUT2D eigenvalue weighted by atomic mass is 9.77. The SMILES string of the molecule is CC1CN(C(=O)C2(C(N)=NO)CCCCCC2)CCO1. The van der Waals surface area contributed by atoms with Gasteiger partial charge in [-0.05, 0) is 19.8 Å². The molecule has 1 saturated carbocycles. The largest absolute Gasteiger partial charge is 0.409 e. The van der Waals surface area contributed by atoms with Gasteiger partial charge in [-0.15, -0.1) is 0 Å². The lowest BCUT2D eigenvalue weighted by molar-refractivity contribution is -0.146. The van der Waals surface area contributed by atoms with Gasteiger partial charge in [0, 0.05) is 13.1 Å². The minimum Gasteiger partial charge on any atom is -0.409 e. The Morgan fingerprint density at radius 2 is 2.00 bits per heavy atom. The zero-order valence-electron chi connectivity index (χ0n) is 12.2. The fourth-order valence-corrected chi connectivity index (χ4v) is 3.31. The molecule has 0 bridgehead atoms. The van der Waals surface area contributed by atoms with Crippen LogP contribution in [0.3, 0.4) is 0 Å². The maximum atomic E-state index is 13.0. The van der Waals surface area contributed by atoms with Crippen LogP contribution in [0.4, 0.5) is 0 Å². The van der Waals surface area contributed by atoms with E-state index in [4.69, 9.17) is 15.7 Å². The molecule has 114 valence electrons. The van der Waals surface area contributed by atoms with Crippen LogP contribution in [-0.2, 0) is 9.53 Å². The molecule has 0 aromatic carbocycles. The average Bonchev–Trinajstić information content (AvgIpc) is 2.72. The molecular formula is C14H25N3O3. The average molecular weight is 283 g/mol. The first kappa shape index (κ1) is 15.1. The Kier molecular flexibility index (Phi) is 4.86. The standard InChI is InChI=1S/C14H25N3O3/c1-11-10-17(8-9-20-11)13(18)14(12(15)16-19)6-4-2-3-5-7-14/h11,19H,2-10H2,1H3,(H2,15,16). The van der Waals surface area contributed by atoms with Crippen LogP contribution in [0.1, 0.15) is 45.4 Å². The Bertz CT molecular complexity index is 376. The molecular weight excluding hydrogens is 258 g/mol. The van der Waals surface area contributed by atoms with Crippen molar-refractivity contribution in [1.29, 1.82) is 0 Å². The Hall–Kier alpha value is -1.30. The quantitative estimate of drug-likeness (QED) is 0.263. The van der Waals surface area contributed by atoms with E-state index < -0.39 is 5.41 Å². The van der Waals surface area contributed by atoms with Crippen molar-refractivity contribution < 1.29 is 14.7 Å². The van der Waals surface area contributed by atoms with Crippen LogP contribution in [0.15, 0.2) is 5.16 Å². The Labute approximate surface area is 119 Å². The third-order valence-electron chi connectivity index (χ3n) is 4.49. The fourth-order valence-electron chi connectivity index (χ4n) is 3.31. The van der Waals surface area contributed by atoms with Gasteiger partial charge in [-0.2, -0.15) is 0 Å². The number of rotatable bonds is 2. The van der Waals surface area contributed by atoms with Crippen LogP contribution < -0.4 is 5.73 Å². The summed E-state index contributed by atoms with van der Waals surface area (Å²) in [6.45, 7) is 3.69. The summed E-state index contributed by atoms with van der Waals surface area (Å²) >= 11 is 0. The summed E-state index contributed by atoms with van der Waals surface area (Å²) in [6, 6.07) is 0. The molecule has 2 rings (SSSR count). The van der Waals surface area contributed by atoms with E-state index in [1.54, 1.807) is 0 Å². The predicted molar refractivity (Wildman–Crippen MR) is 75.5 cm³/mol. The first-order chi connectivity index (χ1) is 9.60. The van der Waals surface area contributed by atoms with Gasteiger partial charge in [-0.25, -0.2) is 0 Å². The number of hydrogen-bond acceptors (Lipinski definition) is 4. The lowest BCUT2D eigenvalue weighted by Gasteiger charge is -2.39. The summed E-state index contributed by atoms with van der Waals surface area (Å²) < 4.78 is 5.49. The first-order valence-corrected chi connectivity index (χ1v) is 7.49. The van der Waals surface area contributed by atoms with Gasteiger partial charge >= 0.3 is 0 Å². The summed E-state index contributed by atoms with van der Waals surface area (Å²) in [6.07, 6.45) is 5.49. The number of hydrogen-bond donors (Lipinski definition) is 2. The molecule has 0 radical (unpaired) electrons. The molecule has 1 aliphatic carbocycles. The second-order valence-electron chi connectivity index (χ2n) is 5.91. The van der Waals surface area contributed by atoms with Gasteiger partial charge in [-0.3, -0.25) is 4.79 Å². The van der Waals surface area contributed by atoms with Crippen LogP contribution in [0, 0.1) is 5.41 Å². The van der Waals surface area contributed by atoms with Crippen LogP contribution >= 0.6 is 0 Å². The zero-order chi connectivity index (χ0) is 14.6. The zero-order valence-corrected chi connectivity index (χ0v) is 12.2. The highest BCUT2D eigenvalue weighted by Gasteiger charge is 2.45. The molecule has 1 heterocycles. The first-order valence-electron chi connectivity index (χ1n) is 7.49. The third kappa shape index (κ3) is 2.90. The molecule has 1 saturated heterocycles. The van der Waals surface area contributed by atoms with Crippen LogP contribution in [0.25, 0.3) is 0 Å². The predicted octanol–water partition coefficient (Wildman–Crippen LogP) is 1.32. The topological polar surface area (TPSA) is 88.2 Å². The molecule has 20 heavy (non-hydrogen) atoms. The molecule has 2 aliphatic rings. The molecule has 6 nitrogen and oxygen atoms in total. The van der Waals surface area contributed by atoms with Gasteiger partial charge in [0.15, 0.2) is 5.84 Å². The summed E-state index contributed by atoms with van der Waals surface area (Å²) in [5.41, 5.74) is 5.10. The number of carbonyl (C=O) groups is 1. The molecule has 6 heteroatoms. The summed E-state index contributed by atoms with van der Waals surface area (Å²) in [7, 11) is 0. The van der Waals surface area contributed by atoms with Gasteiger partial charge in [-0.1, -0.05) is 30.8 Å². The fraction of sp³-hybridized carbons (Fsp3) is 0.857. The van der Waals surface area contributed by atoms with Crippen molar-refractivity contribution in [3.63, 3.8) is 0 Å². The van der Waals surface area contributed by atoms with Gasteiger partial charge in [0.05, 0.1) is 12.7 Å². The number of oxime groups is 1. The minimum atomic E-state index is -0.817. The van der Waals surface area contributed by atoms with Gasteiger partial charge in [0.25, 0.3) is 0 Å². The van der Waals surface area contributed by atoms with Crippen molar-refractivity contribution in [2.45, 2.75) is 51.6 Å². The second-order valence-corrected chi connectivity index (χ2v) is 5.91.